The number of hydrogen-bond acceptors (Lipinski definition) is 3. The molecule has 4 nitrogen and oxygen atoms in total. The summed E-state index contributed by atoms with van der Waals surface area (Å²) in [4.78, 5) is 15.2. The fraction of sp³-hybridized carbons (Fsp3) is 0.455. The lowest BCUT2D eigenvalue weighted by molar-refractivity contribution is 0.0900. The van der Waals surface area contributed by atoms with Crippen LogP contribution in [0.3, 0.4) is 0 Å². The smallest absolute Gasteiger partial charge is 0.254 e. The second-order valence-electron chi connectivity index (χ2n) is 4.11. The molecule has 0 spiro atoms. The summed E-state index contributed by atoms with van der Waals surface area (Å²) in [6, 6.07) is 1.02. The maximum absolute atomic E-state index is 12.9. The number of aliphatic hydroxyl groups excluding tert-OH is 1. The van der Waals surface area contributed by atoms with Crippen LogP contribution >= 0.6 is 11.6 Å². The molecule has 0 aromatic carbocycles. The van der Waals surface area contributed by atoms with Crippen LogP contribution in [0.1, 0.15) is 23.2 Å². The third kappa shape index (κ3) is 3.14. The van der Waals surface area contributed by atoms with Crippen LogP contribution in [-0.4, -0.2) is 28.6 Å². The van der Waals surface area contributed by atoms with Crippen molar-refractivity contribution in [1.82, 2.24) is 10.3 Å². The van der Waals surface area contributed by atoms with Crippen molar-refractivity contribution in [3.63, 3.8) is 0 Å². The number of nitrogens with one attached hydrogen (secondary N) is 1. The zero-order chi connectivity index (χ0) is 12.4. The number of aliphatic hydroxyl groups is 1. The molecule has 2 N–H and O–H groups in total. The first kappa shape index (κ1) is 12.3. The molecule has 1 aliphatic rings. The van der Waals surface area contributed by atoms with Gasteiger partial charge in [-0.2, -0.15) is 0 Å². The van der Waals surface area contributed by atoms with E-state index in [4.69, 9.17) is 11.6 Å². The van der Waals surface area contributed by atoms with Crippen molar-refractivity contribution in [2.45, 2.75) is 18.9 Å². The molecule has 1 aromatic rings. The Bertz CT molecular complexity index is 437. The van der Waals surface area contributed by atoms with Crippen LogP contribution in [0.4, 0.5) is 4.39 Å². The van der Waals surface area contributed by atoms with Crippen LogP contribution in [0.25, 0.3) is 0 Å². The van der Waals surface area contributed by atoms with Gasteiger partial charge < -0.3 is 10.4 Å². The van der Waals surface area contributed by atoms with E-state index >= 15 is 0 Å². The van der Waals surface area contributed by atoms with Gasteiger partial charge in [-0.05, 0) is 24.8 Å². The molecule has 6 heteroatoms. The lowest BCUT2D eigenvalue weighted by Gasteiger charge is -2.11. The highest BCUT2D eigenvalue weighted by atomic mass is 35.5. The number of amides is 1. The van der Waals surface area contributed by atoms with Crippen LogP contribution in [-0.2, 0) is 0 Å². The topological polar surface area (TPSA) is 62.2 Å². The standard InChI is InChI=1S/C11H12ClFN2O2/c12-10-8(3-7(13)4-14-10)11(17)15-5-9(16)6-1-2-6/h3-4,6,9,16H,1-2,5H2,(H,15,17). The first-order valence-corrected chi connectivity index (χ1v) is 5.73. The van der Waals surface area contributed by atoms with Gasteiger partial charge in [-0.3, -0.25) is 4.79 Å². The largest absolute Gasteiger partial charge is 0.391 e. The highest BCUT2D eigenvalue weighted by molar-refractivity contribution is 6.32. The fourth-order valence-electron chi connectivity index (χ4n) is 1.52. The Labute approximate surface area is 103 Å². The van der Waals surface area contributed by atoms with E-state index in [1.165, 1.54) is 0 Å². The highest BCUT2D eigenvalue weighted by Crippen LogP contribution is 2.32. The number of carbonyl (C=O) groups is 1. The van der Waals surface area contributed by atoms with E-state index < -0.39 is 17.8 Å². The van der Waals surface area contributed by atoms with E-state index in [1.54, 1.807) is 0 Å². The van der Waals surface area contributed by atoms with Crippen LogP contribution in [0.5, 0.6) is 0 Å². The molecule has 0 saturated heterocycles. The minimum absolute atomic E-state index is 0.0188. The zero-order valence-corrected chi connectivity index (χ0v) is 9.75. The van der Waals surface area contributed by atoms with Gasteiger partial charge in [0.25, 0.3) is 5.91 Å². The van der Waals surface area contributed by atoms with Crippen molar-refractivity contribution in [2.24, 2.45) is 5.92 Å². The molecule has 0 radical (unpaired) electrons. The number of halogens is 2. The SMILES string of the molecule is O=C(NCC(O)C1CC1)c1cc(F)cnc1Cl. The Hall–Kier alpha value is -1.20. The second kappa shape index (κ2) is 4.98. The van der Waals surface area contributed by atoms with Gasteiger partial charge in [0.05, 0.1) is 17.9 Å². The third-order valence-electron chi connectivity index (χ3n) is 2.69. The summed E-state index contributed by atoms with van der Waals surface area (Å²) in [5.41, 5.74) is -0.0188. The molecular formula is C11H12ClFN2O2. The van der Waals surface area contributed by atoms with Gasteiger partial charge in [0.2, 0.25) is 0 Å². The van der Waals surface area contributed by atoms with E-state index in [-0.39, 0.29) is 23.2 Å². The van der Waals surface area contributed by atoms with Gasteiger partial charge in [0, 0.05) is 6.54 Å². The second-order valence-corrected chi connectivity index (χ2v) is 4.46. The summed E-state index contributed by atoms with van der Waals surface area (Å²) >= 11 is 5.68. The van der Waals surface area contributed by atoms with Crippen LogP contribution in [0.2, 0.25) is 5.15 Å². The van der Waals surface area contributed by atoms with Crippen LogP contribution < -0.4 is 5.32 Å². The maximum atomic E-state index is 12.9. The maximum Gasteiger partial charge on any atom is 0.254 e. The number of hydrogen-bond donors (Lipinski definition) is 2. The number of carbonyl (C=O) groups excluding carboxylic acids is 1. The summed E-state index contributed by atoms with van der Waals surface area (Å²) in [6.07, 6.45) is 2.37. The van der Waals surface area contributed by atoms with E-state index in [0.717, 1.165) is 25.1 Å². The van der Waals surface area contributed by atoms with Crippen molar-refractivity contribution < 1.29 is 14.3 Å². The summed E-state index contributed by atoms with van der Waals surface area (Å²) in [5.74, 6) is -0.875. The molecule has 1 aliphatic carbocycles. The minimum atomic E-state index is -0.623. The monoisotopic (exact) mass is 258 g/mol. The first-order chi connectivity index (χ1) is 8.08. The number of aromatic nitrogens is 1. The lowest BCUT2D eigenvalue weighted by Crippen LogP contribution is -2.33. The van der Waals surface area contributed by atoms with Crippen molar-refractivity contribution >= 4 is 17.5 Å². The van der Waals surface area contributed by atoms with Crippen molar-refractivity contribution in [3.8, 4) is 0 Å². The fourth-order valence-corrected chi connectivity index (χ4v) is 1.71. The van der Waals surface area contributed by atoms with E-state index in [0.29, 0.717) is 0 Å². The molecule has 2 rings (SSSR count). The molecule has 17 heavy (non-hydrogen) atoms. The minimum Gasteiger partial charge on any atom is -0.391 e. The normalized spacial score (nSPS) is 16.6. The average molecular weight is 259 g/mol. The predicted molar refractivity (Wildman–Crippen MR) is 60.3 cm³/mol. The average Bonchev–Trinajstić information content (AvgIpc) is 3.12. The molecule has 1 aromatic heterocycles. The van der Waals surface area contributed by atoms with Gasteiger partial charge in [0.15, 0.2) is 0 Å². The predicted octanol–water partition coefficient (Wildman–Crippen LogP) is 1.37. The number of nitrogens with zero attached hydrogens (tertiary/aromatic N) is 1. The molecule has 92 valence electrons. The highest BCUT2D eigenvalue weighted by Gasteiger charge is 2.29. The van der Waals surface area contributed by atoms with Crippen LogP contribution in [0.15, 0.2) is 12.3 Å². The van der Waals surface area contributed by atoms with E-state index in [2.05, 4.69) is 10.3 Å². The molecule has 0 aliphatic heterocycles. The van der Waals surface area contributed by atoms with Crippen molar-refractivity contribution in [2.75, 3.05) is 6.54 Å². The Morgan fingerprint density at radius 1 is 1.71 bits per heavy atom. The Morgan fingerprint density at radius 3 is 3.06 bits per heavy atom. The third-order valence-corrected chi connectivity index (χ3v) is 2.99. The summed E-state index contributed by atoms with van der Waals surface area (Å²) in [6.45, 7) is 0.149. The zero-order valence-electron chi connectivity index (χ0n) is 8.99. The Morgan fingerprint density at radius 2 is 2.41 bits per heavy atom. The Kier molecular flexibility index (Phi) is 3.59. The Balaban J connectivity index is 1.96. The molecular weight excluding hydrogens is 247 g/mol. The quantitative estimate of drug-likeness (QED) is 0.802. The molecule has 1 fully saturated rings. The number of rotatable bonds is 4. The molecule has 1 heterocycles. The summed E-state index contributed by atoms with van der Waals surface area (Å²) < 4.78 is 12.9. The van der Waals surface area contributed by atoms with Crippen molar-refractivity contribution in [3.05, 3.63) is 28.8 Å². The molecule has 0 bridgehead atoms. The molecule has 1 saturated carbocycles. The van der Waals surface area contributed by atoms with Crippen LogP contribution in [0, 0.1) is 11.7 Å². The van der Waals surface area contributed by atoms with Crippen molar-refractivity contribution in [1.29, 1.82) is 0 Å². The molecule has 1 unspecified atom stereocenters. The summed E-state index contributed by atoms with van der Waals surface area (Å²) in [7, 11) is 0. The van der Waals surface area contributed by atoms with E-state index in [1.807, 2.05) is 0 Å². The molecule has 1 atom stereocenters. The van der Waals surface area contributed by atoms with Gasteiger partial charge in [0.1, 0.15) is 11.0 Å². The van der Waals surface area contributed by atoms with E-state index in [9.17, 15) is 14.3 Å². The van der Waals surface area contributed by atoms with Gasteiger partial charge in [-0.25, -0.2) is 9.37 Å². The van der Waals surface area contributed by atoms with Gasteiger partial charge >= 0.3 is 0 Å². The van der Waals surface area contributed by atoms with Gasteiger partial charge in [-0.15, -0.1) is 0 Å². The van der Waals surface area contributed by atoms with Gasteiger partial charge in [-0.1, -0.05) is 11.6 Å². The summed E-state index contributed by atoms with van der Waals surface area (Å²) in [5, 5.41) is 12.0. The molecule has 1 amide bonds. The number of pyridine rings is 1. The lowest BCUT2D eigenvalue weighted by atomic mass is 10.2. The first-order valence-electron chi connectivity index (χ1n) is 5.35.